The quantitative estimate of drug-likeness (QED) is 0.143. The molecule has 2 aliphatic heterocycles. The van der Waals surface area contributed by atoms with Crippen LogP contribution in [0, 0.1) is 0 Å². The Kier molecular flexibility index (Phi) is 8.51. The minimum Gasteiger partial charge on any atom is -0.272 e. The monoisotopic (exact) mass is 842 g/mol. The topological polar surface area (TPSA) is 74.8 Å². The van der Waals surface area contributed by atoms with E-state index < -0.39 is 35.7 Å². The highest BCUT2D eigenvalue weighted by atomic mass is 32.1. The minimum atomic E-state index is -0.429. The van der Waals surface area contributed by atoms with Gasteiger partial charge in [0, 0.05) is 93.9 Å². The van der Waals surface area contributed by atoms with E-state index in [1.54, 1.807) is 80.2 Å². The van der Waals surface area contributed by atoms with Gasteiger partial charge in [0.2, 0.25) is 0 Å². The van der Waals surface area contributed by atoms with Gasteiger partial charge in [-0.25, -0.2) is 0 Å². The molecule has 0 aliphatic carbocycles. The Hall–Kier alpha value is -4.82. The number of imide groups is 2. The Bertz CT molecular complexity index is 2720. The standard InChI is InChI=1S/C44H30N2O4S6/c1-21(2)45-41(47)25-19-24(28-10-12-34(54-28)36-16-14-32(56-36)30-8-6-18-52-30)40-38-26(42(48)46(22(3)4)44(40)50)20-23(39(37(25)38)43(45)49)27-9-11-33(53-27)35-15-13-31(55-35)29-7-5-17-51-29/h5-22H,1-4H3. The third-order valence-corrected chi connectivity index (χ3v) is 17.1. The number of benzene rings is 2. The highest BCUT2D eigenvalue weighted by molar-refractivity contribution is 7.27. The highest BCUT2D eigenvalue weighted by Crippen LogP contribution is 2.50. The summed E-state index contributed by atoms with van der Waals surface area (Å²) in [6.07, 6.45) is 0. The van der Waals surface area contributed by atoms with E-state index in [2.05, 4.69) is 59.3 Å². The van der Waals surface area contributed by atoms with E-state index in [9.17, 15) is 19.2 Å². The highest BCUT2D eigenvalue weighted by Gasteiger charge is 2.44. The fourth-order valence-electron chi connectivity index (χ4n) is 7.70. The summed E-state index contributed by atoms with van der Waals surface area (Å²) in [7, 11) is 0. The van der Waals surface area contributed by atoms with Gasteiger partial charge in [-0.05, 0) is 111 Å². The second-order valence-electron chi connectivity index (χ2n) is 14.2. The smallest absolute Gasteiger partial charge is 0.262 e. The molecule has 8 heterocycles. The van der Waals surface area contributed by atoms with Crippen LogP contribution in [0.25, 0.3) is 70.7 Å². The number of thiophene rings is 6. The minimum absolute atomic E-state index is 0.324. The van der Waals surface area contributed by atoms with Gasteiger partial charge in [-0.2, -0.15) is 0 Å². The van der Waals surface area contributed by atoms with Crippen molar-refractivity contribution in [2.24, 2.45) is 0 Å². The first-order valence-electron chi connectivity index (χ1n) is 18.0. The lowest BCUT2D eigenvalue weighted by atomic mass is 9.80. The Morgan fingerprint density at radius 1 is 0.393 bits per heavy atom. The van der Waals surface area contributed by atoms with Crippen LogP contribution in [0.4, 0.5) is 0 Å². The molecular formula is C44H30N2O4S6. The number of carbonyl (C=O) groups is 4. The van der Waals surface area contributed by atoms with E-state index in [-0.39, 0.29) is 0 Å². The van der Waals surface area contributed by atoms with E-state index in [0.717, 1.165) is 29.3 Å². The van der Waals surface area contributed by atoms with Gasteiger partial charge < -0.3 is 0 Å². The van der Waals surface area contributed by atoms with Gasteiger partial charge in [-0.1, -0.05) is 12.1 Å². The maximum Gasteiger partial charge on any atom is 0.262 e. The first-order chi connectivity index (χ1) is 27.1. The molecule has 56 heavy (non-hydrogen) atoms. The van der Waals surface area contributed by atoms with Crippen molar-refractivity contribution in [1.29, 1.82) is 0 Å². The zero-order valence-electron chi connectivity index (χ0n) is 30.4. The molecule has 6 nitrogen and oxygen atoms in total. The average molecular weight is 843 g/mol. The van der Waals surface area contributed by atoms with Crippen LogP contribution in [0.2, 0.25) is 0 Å². The Balaban J connectivity index is 1.19. The van der Waals surface area contributed by atoms with Crippen molar-refractivity contribution in [2.45, 2.75) is 39.8 Å². The molecule has 0 N–H and O–H groups in total. The van der Waals surface area contributed by atoms with Crippen molar-refractivity contribution in [2.75, 3.05) is 0 Å². The van der Waals surface area contributed by atoms with Gasteiger partial charge in [0.1, 0.15) is 0 Å². The second kappa shape index (κ2) is 13.4. The molecule has 2 aromatic carbocycles. The van der Waals surface area contributed by atoms with Crippen LogP contribution >= 0.6 is 68.0 Å². The van der Waals surface area contributed by atoms with E-state index in [0.29, 0.717) is 44.2 Å². The molecule has 0 unspecified atom stereocenters. The van der Waals surface area contributed by atoms with Gasteiger partial charge in [-0.15, -0.1) is 68.0 Å². The number of rotatable bonds is 8. The summed E-state index contributed by atoms with van der Waals surface area (Å²) in [6, 6.07) is 27.7. The molecule has 0 radical (unpaired) electrons. The van der Waals surface area contributed by atoms with Gasteiger partial charge in [0.15, 0.2) is 0 Å². The average Bonchev–Trinajstić information content (AvgIpc) is 4.02. The first-order valence-corrected chi connectivity index (χ1v) is 23.0. The number of hydrogen-bond donors (Lipinski definition) is 0. The van der Waals surface area contributed by atoms with Crippen molar-refractivity contribution in [3.63, 3.8) is 0 Å². The molecule has 0 saturated carbocycles. The summed E-state index contributed by atoms with van der Waals surface area (Å²) in [4.78, 5) is 71.7. The number of amides is 4. The second-order valence-corrected chi connectivity index (χ2v) is 20.4. The fraction of sp³-hybridized carbons (Fsp3) is 0.136. The molecule has 10 rings (SSSR count). The van der Waals surface area contributed by atoms with Crippen LogP contribution < -0.4 is 0 Å². The molecule has 8 aromatic rings. The summed E-state index contributed by atoms with van der Waals surface area (Å²) in [5, 5.41) is 4.91. The van der Waals surface area contributed by atoms with Crippen LogP contribution in [0.5, 0.6) is 0 Å². The SMILES string of the molecule is CC(C)N1C(=O)c2cc(-c3ccc(-c4ccc(-c5cccs5)s4)s3)c3c4c(cc(-c5ccc(-c6ccc(-c7cccs7)s6)s5)c(c24)C1=O)C(=O)N(C(C)C)C3=O. The van der Waals surface area contributed by atoms with Crippen LogP contribution in [-0.2, 0) is 0 Å². The van der Waals surface area contributed by atoms with E-state index in [1.807, 2.05) is 52.0 Å². The van der Waals surface area contributed by atoms with Crippen LogP contribution in [0.15, 0.2) is 95.7 Å². The predicted molar refractivity (Wildman–Crippen MR) is 235 cm³/mol. The van der Waals surface area contributed by atoms with Gasteiger partial charge >= 0.3 is 0 Å². The molecule has 0 saturated heterocycles. The summed E-state index contributed by atoms with van der Waals surface area (Å²) in [5.74, 6) is -1.70. The Morgan fingerprint density at radius 3 is 1.04 bits per heavy atom. The summed E-state index contributed by atoms with van der Waals surface area (Å²) in [6.45, 7) is 7.33. The zero-order chi connectivity index (χ0) is 38.6. The van der Waals surface area contributed by atoms with Crippen LogP contribution in [-0.4, -0.2) is 45.5 Å². The maximum atomic E-state index is 14.7. The lowest BCUT2D eigenvalue weighted by molar-refractivity contribution is 0.0542. The Morgan fingerprint density at radius 2 is 0.714 bits per heavy atom. The molecule has 2 aliphatic rings. The lowest BCUT2D eigenvalue weighted by Crippen LogP contribution is -2.47. The lowest BCUT2D eigenvalue weighted by Gasteiger charge is -2.36. The fourth-order valence-corrected chi connectivity index (χ4v) is 13.6. The van der Waals surface area contributed by atoms with Gasteiger partial charge in [0.25, 0.3) is 23.6 Å². The summed E-state index contributed by atoms with van der Waals surface area (Å²) in [5.41, 5.74) is 2.53. The van der Waals surface area contributed by atoms with Crippen molar-refractivity contribution in [3.8, 4) is 59.9 Å². The third kappa shape index (κ3) is 5.42. The van der Waals surface area contributed by atoms with E-state index in [4.69, 9.17) is 0 Å². The van der Waals surface area contributed by atoms with Crippen molar-refractivity contribution < 1.29 is 19.2 Å². The third-order valence-electron chi connectivity index (χ3n) is 10.2. The summed E-state index contributed by atoms with van der Waals surface area (Å²) < 4.78 is 0. The molecule has 4 amide bonds. The molecule has 0 bridgehead atoms. The first kappa shape index (κ1) is 35.6. The predicted octanol–water partition coefficient (Wildman–Crippen LogP) is 13.2. The van der Waals surface area contributed by atoms with Crippen molar-refractivity contribution >= 4 is 102 Å². The van der Waals surface area contributed by atoms with Crippen molar-refractivity contribution in [3.05, 3.63) is 118 Å². The molecule has 0 atom stereocenters. The number of carbonyl (C=O) groups excluding carboxylic acids is 4. The van der Waals surface area contributed by atoms with Crippen LogP contribution in [0.3, 0.4) is 0 Å². The van der Waals surface area contributed by atoms with E-state index in [1.165, 1.54) is 29.3 Å². The number of nitrogens with zero attached hydrogens (tertiary/aromatic N) is 2. The molecular weight excluding hydrogens is 813 g/mol. The molecule has 12 heteroatoms. The largest absolute Gasteiger partial charge is 0.272 e. The molecule has 276 valence electrons. The molecule has 6 aromatic heterocycles. The Labute approximate surface area is 346 Å². The van der Waals surface area contributed by atoms with E-state index >= 15 is 0 Å². The van der Waals surface area contributed by atoms with Gasteiger partial charge in [0.05, 0.1) is 11.1 Å². The molecule has 0 spiro atoms. The normalized spacial score (nSPS) is 14.1. The summed E-state index contributed by atoms with van der Waals surface area (Å²) >= 11 is 9.93. The zero-order valence-corrected chi connectivity index (χ0v) is 35.3. The number of hydrogen-bond acceptors (Lipinski definition) is 10. The van der Waals surface area contributed by atoms with Gasteiger partial charge in [-0.3, -0.25) is 29.0 Å². The van der Waals surface area contributed by atoms with Crippen LogP contribution in [0.1, 0.15) is 69.1 Å². The maximum absolute atomic E-state index is 14.7. The molecule has 0 fully saturated rings. The van der Waals surface area contributed by atoms with Crippen molar-refractivity contribution in [1.82, 2.24) is 9.80 Å².